The van der Waals surface area contributed by atoms with Crippen molar-refractivity contribution in [2.75, 3.05) is 7.11 Å². The van der Waals surface area contributed by atoms with Crippen molar-refractivity contribution in [3.8, 4) is 5.75 Å². The van der Waals surface area contributed by atoms with Crippen molar-refractivity contribution in [2.24, 2.45) is 5.73 Å². The van der Waals surface area contributed by atoms with Crippen molar-refractivity contribution >= 4 is 15.9 Å². The van der Waals surface area contributed by atoms with Crippen LogP contribution in [-0.4, -0.2) is 18.8 Å². The Kier molecular flexibility index (Phi) is 3.58. The minimum absolute atomic E-state index is 0.0698. The maximum atomic E-state index is 6.36. The van der Waals surface area contributed by atoms with E-state index in [1.807, 2.05) is 12.1 Å². The molecule has 19 heavy (non-hydrogen) atoms. The lowest BCUT2D eigenvalue weighted by molar-refractivity contribution is -0.0428. The van der Waals surface area contributed by atoms with Gasteiger partial charge in [-0.05, 0) is 43.9 Å². The van der Waals surface area contributed by atoms with Crippen LogP contribution in [0.5, 0.6) is 5.75 Å². The van der Waals surface area contributed by atoms with Crippen molar-refractivity contribution in [1.29, 1.82) is 0 Å². The summed E-state index contributed by atoms with van der Waals surface area (Å²) in [6.07, 6.45) is 5.50. The number of hydrogen-bond acceptors (Lipinski definition) is 3. The second-order valence-corrected chi connectivity index (χ2v) is 6.63. The summed E-state index contributed by atoms with van der Waals surface area (Å²) in [5, 5.41) is 0. The molecule has 1 fully saturated rings. The summed E-state index contributed by atoms with van der Waals surface area (Å²) in [4.78, 5) is 0. The van der Waals surface area contributed by atoms with Crippen molar-refractivity contribution in [2.45, 2.75) is 49.9 Å². The molecule has 2 N–H and O–H groups in total. The van der Waals surface area contributed by atoms with Gasteiger partial charge in [-0.2, -0.15) is 0 Å². The molecule has 1 aromatic carbocycles. The molecule has 0 amide bonds. The highest BCUT2D eigenvalue weighted by Gasteiger charge is 2.42. The van der Waals surface area contributed by atoms with Gasteiger partial charge in [-0.1, -0.05) is 15.9 Å². The minimum Gasteiger partial charge on any atom is -0.487 e. The van der Waals surface area contributed by atoms with E-state index in [2.05, 4.69) is 22.0 Å². The van der Waals surface area contributed by atoms with Crippen LogP contribution in [0.4, 0.5) is 0 Å². The Labute approximate surface area is 122 Å². The van der Waals surface area contributed by atoms with Crippen molar-refractivity contribution in [3.63, 3.8) is 0 Å². The molecule has 1 aliphatic carbocycles. The quantitative estimate of drug-likeness (QED) is 0.858. The van der Waals surface area contributed by atoms with Crippen molar-refractivity contribution in [1.82, 2.24) is 0 Å². The van der Waals surface area contributed by atoms with Gasteiger partial charge in [0.1, 0.15) is 11.4 Å². The largest absolute Gasteiger partial charge is 0.487 e. The van der Waals surface area contributed by atoms with Gasteiger partial charge in [-0.15, -0.1) is 0 Å². The van der Waals surface area contributed by atoms with Crippen molar-refractivity contribution in [3.05, 3.63) is 28.2 Å². The molecule has 1 heterocycles. The molecule has 104 valence electrons. The summed E-state index contributed by atoms with van der Waals surface area (Å²) in [5.41, 5.74) is 7.40. The summed E-state index contributed by atoms with van der Waals surface area (Å²) in [6.45, 7) is 0. The molecule has 0 saturated heterocycles. The molecular weight excluding hydrogens is 306 g/mol. The van der Waals surface area contributed by atoms with E-state index in [0.29, 0.717) is 6.10 Å². The highest BCUT2D eigenvalue weighted by molar-refractivity contribution is 9.10. The third-order valence-corrected chi connectivity index (χ3v) is 4.96. The molecule has 0 radical (unpaired) electrons. The molecule has 1 aliphatic heterocycles. The second kappa shape index (κ2) is 5.08. The summed E-state index contributed by atoms with van der Waals surface area (Å²) >= 11 is 3.49. The Bertz CT molecular complexity index is 469. The molecule has 1 aromatic rings. The fourth-order valence-corrected chi connectivity index (χ4v) is 3.73. The predicted octanol–water partition coefficient (Wildman–Crippen LogP) is 3.56. The summed E-state index contributed by atoms with van der Waals surface area (Å²) in [6, 6.07) is 6.20. The molecule has 0 aromatic heterocycles. The number of ether oxygens (including phenoxy) is 2. The van der Waals surface area contributed by atoms with Crippen LogP contribution in [-0.2, 0) is 4.74 Å². The van der Waals surface area contributed by atoms with Gasteiger partial charge in [-0.25, -0.2) is 0 Å². The average Bonchev–Trinajstić information content (AvgIpc) is 2.41. The molecule has 4 heteroatoms. The van der Waals surface area contributed by atoms with Gasteiger partial charge in [0.25, 0.3) is 0 Å². The maximum Gasteiger partial charge on any atom is 0.124 e. The fourth-order valence-electron chi connectivity index (χ4n) is 3.35. The number of fused-ring (bicyclic) bond motifs is 1. The zero-order valence-electron chi connectivity index (χ0n) is 11.2. The Morgan fingerprint density at radius 3 is 2.79 bits per heavy atom. The van der Waals surface area contributed by atoms with Crippen LogP contribution in [0.2, 0.25) is 0 Å². The first-order chi connectivity index (χ1) is 9.12. The van der Waals surface area contributed by atoms with E-state index in [9.17, 15) is 0 Å². The van der Waals surface area contributed by atoms with Crippen LogP contribution < -0.4 is 10.5 Å². The van der Waals surface area contributed by atoms with Crippen LogP contribution in [0.1, 0.15) is 43.7 Å². The SMILES string of the molecule is COC1CCC2(CC1)C[C@@H](N)c1cc(Br)ccc1O2. The van der Waals surface area contributed by atoms with E-state index in [1.165, 1.54) is 0 Å². The number of nitrogens with two attached hydrogens (primary N) is 1. The van der Waals surface area contributed by atoms with Gasteiger partial charge in [0.15, 0.2) is 0 Å². The first-order valence-electron chi connectivity index (χ1n) is 6.89. The number of hydrogen-bond donors (Lipinski definition) is 1. The minimum atomic E-state index is -0.0741. The van der Waals surface area contributed by atoms with E-state index >= 15 is 0 Å². The summed E-state index contributed by atoms with van der Waals surface area (Å²) in [5.74, 6) is 0.956. The highest BCUT2D eigenvalue weighted by atomic mass is 79.9. The molecule has 1 spiro atoms. The van der Waals surface area contributed by atoms with Gasteiger partial charge in [0.05, 0.1) is 6.10 Å². The van der Waals surface area contributed by atoms with E-state index in [0.717, 1.165) is 47.9 Å². The zero-order chi connectivity index (χ0) is 13.5. The monoisotopic (exact) mass is 325 g/mol. The van der Waals surface area contributed by atoms with Crippen LogP contribution in [0.25, 0.3) is 0 Å². The number of benzene rings is 1. The molecule has 2 aliphatic rings. The van der Waals surface area contributed by atoms with Crippen molar-refractivity contribution < 1.29 is 9.47 Å². The van der Waals surface area contributed by atoms with E-state index in [4.69, 9.17) is 15.2 Å². The van der Waals surface area contributed by atoms with E-state index < -0.39 is 0 Å². The normalized spacial score (nSPS) is 33.8. The lowest BCUT2D eigenvalue weighted by atomic mass is 9.76. The molecule has 1 atom stereocenters. The first-order valence-corrected chi connectivity index (χ1v) is 7.68. The van der Waals surface area contributed by atoms with E-state index in [-0.39, 0.29) is 11.6 Å². The lowest BCUT2D eigenvalue weighted by Crippen LogP contribution is -2.46. The third kappa shape index (κ3) is 2.54. The molecule has 3 nitrogen and oxygen atoms in total. The maximum absolute atomic E-state index is 6.36. The summed E-state index contributed by atoms with van der Waals surface area (Å²) < 4.78 is 12.8. The van der Waals surface area contributed by atoms with Gasteiger partial charge in [0, 0.05) is 29.6 Å². The summed E-state index contributed by atoms with van der Waals surface area (Å²) in [7, 11) is 1.79. The van der Waals surface area contributed by atoms with Crippen LogP contribution >= 0.6 is 15.9 Å². The Morgan fingerprint density at radius 1 is 1.37 bits per heavy atom. The fraction of sp³-hybridized carbons (Fsp3) is 0.600. The van der Waals surface area contributed by atoms with Gasteiger partial charge in [0.2, 0.25) is 0 Å². The van der Waals surface area contributed by atoms with Gasteiger partial charge < -0.3 is 15.2 Å². The number of rotatable bonds is 1. The number of halogens is 1. The predicted molar refractivity (Wildman–Crippen MR) is 78.3 cm³/mol. The zero-order valence-corrected chi connectivity index (χ0v) is 12.8. The molecule has 0 unspecified atom stereocenters. The molecular formula is C15H20BrNO2. The number of methoxy groups -OCH3 is 1. The van der Waals surface area contributed by atoms with Crippen LogP contribution in [0.3, 0.4) is 0 Å². The second-order valence-electron chi connectivity index (χ2n) is 5.71. The Morgan fingerprint density at radius 2 is 2.11 bits per heavy atom. The molecule has 3 rings (SSSR count). The van der Waals surface area contributed by atoms with Crippen LogP contribution in [0, 0.1) is 0 Å². The smallest absolute Gasteiger partial charge is 0.124 e. The Balaban J connectivity index is 1.83. The average molecular weight is 326 g/mol. The van der Waals surface area contributed by atoms with Crippen LogP contribution in [0.15, 0.2) is 22.7 Å². The van der Waals surface area contributed by atoms with E-state index in [1.54, 1.807) is 7.11 Å². The lowest BCUT2D eigenvalue weighted by Gasteiger charge is -2.45. The standard InChI is InChI=1S/C15H20BrNO2/c1-18-11-4-6-15(7-5-11)9-13(17)12-8-10(16)2-3-14(12)19-15/h2-3,8,11,13H,4-7,9,17H2,1H3/t11?,13-,15?/m1/s1. The third-order valence-electron chi connectivity index (χ3n) is 4.47. The van der Waals surface area contributed by atoms with Gasteiger partial charge in [-0.3, -0.25) is 0 Å². The Hall–Kier alpha value is -0.580. The molecule has 1 saturated carbocycles. The topological polar surface area (TPSA) is 44.5 Å². The van der Waals surface area contributed by atoms with Gasteiger partial charge >= 0.3 is 0 Å². The highest BCUT2D eigenvalue weighted by Crippen LogP contribution is 2.46. The molecule has 0 bridgehead atoms. The first kappa shape index (κ1) is 13.4.